The molecule has 3 rings (SSSR count). The van der Waals surface area contributed by atoms with E-state index in [2.05, 4.69) is 4.99 Å². The number of ether oxygens (including phenoxy) is 3. The molecule has 1 heterocycles. The lowest BCUT2D eigenvalue weighted by molar-refractivity contribution is 0.395. The first-order valence-corrected chi connectivity index (χ1v) is 10.2. The molecule has 0 aliphatic rings. The van der Waals surface area contributed by atoms with Gasteiger partial charge in [0.15, 0.2) is 0 Å². The SMILES string of the molecule is COc1ccc(CCn2c(O)c(C=Nc3ccc(OC)cc3OC)c(C)c(C#N)c2=O)cc1. The Labute approximate surface area is 191 Å². The summed E-state index contributed by atoms with van der Waals surface area (Å²) in [5.41, 5.74) is 1.53. The van der Waals surface area contributed by atoms with Gasteiger partial charge in [0, 0.05) is 18.8 Å². The van der Waals surface area contributed by atoms with Crippen molar-refractivity contribution in [2.75, 3.05) is 21.3 Å². The first-order chi connectivity index (χ1) is 15.9. The number of aromatic nitrogens is 1. The van der Waals surface area contributed by atoms with Gasteiger partial charge in [-0.2, -0.15) is 5.26 Å². The van der Waals surface area contributed by atoms with Gasteiger partial charge in [0.25, 0.3) is 5.56 Å². The standard InChI is InChI=1S/C25H25N3O5/c1-16-20(14-26)24(29)28(12-11-17-5-7-18(31-2)8-6-17)25(30)21(16)15-27-22-10-9-19(32-3)13-23(22)33-4/h5-10,13,15,30H,11-12H2,1-4H3. The second kappa shape index (κ2) is 10.4. The fraction of sp³-hybridized carbons (Fsp3) is 0.240. The molecular weight excluding hydrogens is 422 g/mol. The highest BCUT2D eigenvalue weighted by atomic mass is 16.5. The third-order valence-electron chi connectivity index (χ3n) is 5.35. The Balaban J connectivity index is 1.99. The highest BCUT2D eigenvalue weighted by molar-refractivity contribution is 5.88. The minimum atomic E-state index is -0.541. The minimum Gasteiger partial charge on any atom is -0.497 e. The Bertz CT molecular complexity index is 1270. The molecule has 0 fully saturated rings. The maximum Gasteiger partial charge on any atom is 0.271 e. The van der Waals surface area contributed by atoms with Crippen molar-refractivity contribution in [3.8, 4) is 29.2 Å². The number of nitriles is 1. The summed E-state index contributed by atoms with van der Waals surface area (Å²) in [6, 6.07) is 14.5. The van der Waals surface area contributed by atoms with Crippen LogP contribution < -0.4 is 19.8 Å². The molecule has 0 atom stereocenters. The Morgan fingerprint density at radius 1 is 1.06 bits per heavy atom. The molecule has 0 saturated heterocycles. The van der Waals surface area contributed by atoms with E-state index >= 15 is 0 Å². The molecule has 1 aromatic heterocycles. The molecule has 3 aromatic rings. The fourth-order valence-electron chi connectivity index (χ4n) is 3.39. The monoisotopic (exact) mass is 447 g/mol. The van der Waals surface area contributed by atoms with Crippen LogP contribution in [0.2, 0.25) is 0 Å². The molecular formula is C25H25N3O5. The van der Waals surface area contributed by atoms with Crippen LogP contribution in [0, 0.1) is 18.3 Å². The fourth-order valence-corrected chi connectivity index (χ4v) is 3.39. The average molecular weight is 447 g/mol. The number of hydrogen-bond acceptors (Lipinski definition) is 7. The van der Waals surface area contributed by atoms with Crippen LogP contribution in [-0.2, 0) is 13.0 Å². The van der Waals surface area contributed by atoms with Crippen molar-refractivity contribution in [2.45, 2.75) is 19.9 Å². The molecule has 0 unspecified atom stereocenters. The smallest absolute Gasteiger partial charge is 0.271 e. The van der Waals surface area contributed by atoms with Gasteiger partial charge < -0.3 is 19.3 Å². The lowest BCUT2D eigenvalue weighted by atomic mass is 10.1. The molecule has 1 N–H and O–H groups in total. The van der Waals surface area contributed by atoms with E-state index in [1.807, 2.05) is 30.3 Å². The minimum absolute atomic E-state index is 0.0364. The second-order valence-electron chi connectivity index (χ2n) is 7.20. The summed E-state index contributed by atoms with van der Waals surface area (Å²) in [5.74, 6) is 1.58. The largest absolute Gasteiger partial charge is 0.497 e. The predicted molar refractivity (Wildman–Crippen MR) is 125 cm³/mol. The third-order valence-corrected chi connectivity index (χ3v) is 5.35. The summed E-state index contributed by atoms with van der Waals surface area (Å²) in [6.07, 6.45) is 1.91. The van der Waals surface area contributed by atoms with Crippen LogP contribution in [0.5, 0.6) is 23.1 Å². The lowest BCUT2D eigenvalue weighted by Gasteiger charge is -2.14. The summed E-state index contributed by atoms with van der Waals surface area (Å²) < 4.78 is 16.9. The molecule has 0 amide bonds. The molecule has 8 heteroatoms. The summed E-state index contributed by atoms with van der Waals surface area (Å²) >= 11 is 0. The highest BCUT2D eigenvalue weighted by Gasteiger charge is 2.18. The van der Waals surface area contributed by atoms with Crippen LogP contribution in [0.4, 0.5) is 5.69 Å². The maximum absolute atomic E-state index is 12.8. The van der Waals surface area contributed by atoms with E-state index in [-0.39, 0.29) is 18.0 Å². The van der Waals surface area contributed by atoms with Crippen LogP contribution in [0.25, 0.3) is 0 Å². The second-order valence-corrected chi connectivity index (χ2v) is 7.20. The molecule has 170 valence electrons. The van der Waals surface area contributed by atoms with Crippen LogP contribution >= 0.6 is 0 Å². The van der Waals surface area contributed by atoms with Gasteiger partial charge in [0.05, 0.1) is 26.9 Å². The number of aryl methyl sites for hydroxylation is 1. The van der Waals surface area contributed by atoms with Crippen molar-refractivity contribution >= 4 is 11.9 Å². The molecule has 0 spiro atoms. The molecule has 0 radical (unpaired) electrons. The molecule has 0 bridgehead atoms. The number of pyridine rings is 1. The van der Waals surface area contributed by atoms with E-state index in [1.165, 1.54) is 17.9 Å². The Hall–Kier alpha value is -4.25. The quantitative estimate of drug-likeness (QED) is 0.527. The number of hydrogen-bond donors (Lipinski definition) is 1. The zero-order chi connectivity index (χ0) is 24.0. The van der Waals surface area contributed by atoms with Crippen molar-refractivity contribution in [2.24, 2.45) is 4.99 Å². The normalized spacial score (nSPS) is 10.8. The van der Waals surface area contributed by atoms with Gasteiger partial charge in [-0.3, -0.25) is 14.4 Å². The number of rotatable bonds is 8. The highest BCUT2D eigenvalue weighted by Crippen LogP contribution is 2.32. The van der Waals surface area contributed by atoms with Crippen LogP contribution in [-0.4, -0.2) is 37.2 Å². The molecule has 0 aliphatic carbocycles. The van der Waals surface area contributed by atoms with Crippen molar-refractivity contribution < 1.29 is 19.3 Å². The van der Waals surface area contributed by atoms with Crippen LogP contribution in [0.15, 0.2) is 52.3 Å². The number of benzene rings is 2. The number of aromatic hydroxyl groups is 1. The molecule has 0 saturated carbocycles. The first-order valence-electron chi connectivity index (χ1n) is 10.2. The molecule has 33 heavy (non-hydrogen) atoms. The van der Waals surface area contributed by atoms with Crippen LogP contribution in [0.3, 0.4) is 0 Å². The Kier molecular flexibility index (Phi) is 7.36. The van der Waals surface area contributed by atoms with E-state index in [9.17, 15) is 15.2 Å². The topological polar surface area (TPSA) is 106 Å². The van der Waals surface area contributed by atoms with Gasteiger partial charge in [-0.15, -0.1) is 0 Å². The van der Waals surface area contributed by atoms with Crippen molar-refractivity contribution in [3.05, 3.63) is 75.1 Å². The number of aliphatic imine (C=N–C) groups is 1. The van der Waals surface area contributed by atoms with Gasteiger partial charge in [-0.25, -0.2) is 0 Å². The summed E-state index contributed by atoms with van der Waals surface area (Å²) in [6.45, 7) is 1.80. The Morgan fingerprint density at radius 2 is 1.73 bits per heavy atom. The van der Waals surface area contributed by atoms with Gasteiger partial charge in [-0.05, 0) is 48.7 Å². The van der Waals surface area contributed by atoms with E-state index in [4.69, 9.17) is 14.2 Å². The van der Waals surface area contributed by atoms with Crippen molar-refractivity contribution in [1.82, 2.24) is 4.57 Å². The van der Waals surface area contributed by atoms with E-state index in [1.54, 1.807) is 39.3 Å². The van der Waals surface area contributed by atoms with Gasteiger partial charge in [0.2, 0.25) is 5.88 Å². The third kappa shape index (κ3) is 4.99. The molecule has 2 aromatic carbocycles. The predicted octanol–water partition coefficient (Wildman–Crippen LogP) is 3.75. The van der Waals surface area contributed by atoms with Crippen LogP contribution in [0.1, 0.15) is 22.3 Å². The Morgan fingerprint density at radius 3 is 2.33 bits per heavy atom. The number of methoxy groups -OCH3 is 3. The van der Waals surface area contributed by atoms with Gasteiger partial charge >= 0.3 is 0 Å². The lowest BCUT2D eigenvalue weighted by Crippen LogP contribution is -2.26. The zero-order valence-electron chi connectivity index (χ0n) is 19.0. The van der Waals surface area contributed by atoms with E-state index in [0.717, 1.165) is 11.3 Å². The number of nitrogens with zero attached hydrogens (tertiary/aromatic N) is 3. The maximum atomic E-state index is 12.8. The zero-order valence-corrected chi connectivity index (χ0v) is 19.0. The van der Waals surface area contributed by atoms with Crippen molar-refractivity contribution in [3.63, 3.8) is 0 Å². The average Bonchev–Trinajstić information content (AvgIpc) is 2.84. The van der Waals surface area contributed by atoms with E-state index < -0.39 is 5.56 Å². The van der Waals surface area contributed by atoms with Gasteiger partial charge in [-0.1, -0.05) is 12.1 Å². The molecule has 0 aliphatic heterocycles. The molecule has 8 nitrogen and oxygen atoms in total. The summed E-state index contributed by atoms with van der Waals surface area (Å²) in [4.78, 5) is 17.3. The summed E-state index contributed by atoms with van der Waals surface area (Å²) in [5, 5.41) is 20.5. The van der Waals surface area contributed by atoms with Crippen molar-refractivity contribution in [1.29, 1.82) is 5.26 Å². The summed E-state index contributed by atoms with van der Waals surface area (Å²) in [7, 11) is 4.66. The van der Waals surface area contributed by atoms with E-state index in [0.29, 0.717) is 34.7 Å². The first kappa shape index (κ1) is 23.4. The van der Waals surface area contributed by atoms with Gasteiger partial charge in [0.1, 0.15) is 34.6 Å².